The van der Waals surface area contributed by atoms with Crippen molar-refractivity contribution in [2.75, 3.05) is 6.54 Å². The Morgan fingerprint density at radius 1 is 1.18 bits per heavy atom. The van der Waals surface area contributed by atoms with Crippen LogP contribution in [0.25, 0.3) is 0 Å². The first kappa shape index (κ1) is 15.1. The van der Waals surface area contributed by atoms with Gasteiger partial charge < -0.3 is 4.90 Å². The lowest BCUT2D eigenvalue weighted by Crippen LogP contribution is -2.30. The van der Waals surface area contributed by atoms with E-state index in [9.17, 15) is 18.0 Å². The van der Waals surface area contributed by atoms with E-state index in [1.165, 1.54) is 18.2 Å². The number of carbonyl (C=O) groups excluding carboxylic acids is 1. The molecule has 2 aromatic rings. The third-order valence-corrected chi connectivity index (χ3v) is 4.88. The second-order valence-electron chi connectivity index (χ2n) is 5.42. The lowest BCUT2D eigenvalue weighted by atomic mass is 10.0. The molecule has 1 fully saturated rings. The zero-order valence-corrected chi connectivity index (χ0v) is 12.7. The number of benzene rings is 1. The first-order valence-electron chi connectivity index (χ1n) is 6.98. The highest BCUT2D eigenvalue weighted by atomic mass is 32.1. The molecule has 6 heteroatoms. The van der Waals surface area contributed by atoms with Crippen molar-refractivity contribution in [2.24, 2.45) is 0 Å². The van der Waals surface area contributed by atoms with Crippen LogP contribution in [0.3, 0.4) is 0 Å². The van der Waals surface area contributed by atoms with Crippen molar-refractivity contribution in [1.29, 1.82) is 0 Å². The molecule has 2 heterocycles. The number of halogens is 3. The van der Waals surface area contributed by atoms with Crippen LogP contribution in [0.15, 0.2) is 24.3 Å². The summed E-state index contributed by atoms with van der Waals surface area (Å²) in [6, 6.07) is 4.26. The zero-order valence-electron chi connectivity index (χ0n) is 11.9. The maximum atomic E-state index is 13.4. The summed E-state index contributed by atoms with van der Waals surface area (Å²) in [6.45, 7) is 2.18. The number of amides is 1. The molecular weight excluding hydrogens is 311 g/mol. The molecule has 0 bridgehead atoms. The van der Waals surface area contributed by atoms with Gasteiger partial charge in [0.05, 0.1) is 10.9 Å². The number of hydrogen-bond acceptors (Lipinski definition) is 2. The van der Waals surface area contributed by atoms with Gasteiger partial charge in [0.2, 0.25) is 0 Å². The van der Waals surface area contributed by atoms with Crippen LogP contribution in [0, 0.1) is 23.7 Å². The smallest absolute Gasteiger partial charge is 0.264 e. The second-order valence-corrected chi connectivity index (χ2v) is 6.42. The van der Waals surface area contributed by atoms with Crippen molar-refractivity contribution >= 4 is 17.2 Å². The maximum Gasteiger partial charge on any atom is 0.264 e. The van der Waals surface area contributed by atoms with Crippen LogP contribution in [0.2, 0.25) is 0 Å². The highest BCUT2D eigenvalue weighted by Crippen LogP contribution is 2.35. The van der Waals surface area contributed by atoms with Gasteiger partial charge in [-0.2, -0.15) is 4.39 Å². The van der Waals surface area contributed by atoms with Crippen LogP contribution < -0.4 is 0 Å². The molecule has 1 unspecified atom stereocenters. The van der Waals surface area contributed by atoms with E-state index in [1.807, 2.05) is 0 Å². The van der Waals surface area contributed by atoms with E-state index in [1.54, 1.807) is 11.8 Å². The number of carbonyl (C=O) groups is 1. The van der Waals surface area contributed by atoms with E-state index in [-0.39, 0.29) is 11.9 Å². The molecule has 116 valence electrons. The first-order valence-corrected chi connectivity index (χ1v) is 7.80. The summed E-state index contributed by atoms with van der Waals surface area (Å²) in [5.41, 5.74) is 1.03. The van der Waals surface area contributed by atoms with Gasteiger partial charge in [0, 0.05) is 12.6 Å². The summed E-state index contributed by atoms with van der Waals surface area (Å²) in [5, 5.41) is -0.409. The van der Waals surface area contributed by atoms with Crippen LogP contribution in [0.4, 0.5) is 13.2 Å². The average Bonchev–Trinajstić information content (AvgIpc) is 3.03. The molecule has 1 aliphatic heterocycles. The number of nitrogens with zero attached hydrogens (tertiary/aromatic N) is 1. The first-order chi connectivity index (χ1) is 10.5. The standard InChI is InChI=1S/C16H14F3NOS/c1-9-5-14(19)22-15(9)16(21)20-4-2-3-13(20)10-6-11(17)8-12(18)7-10/h5-8,13H,2-4H2,1H3. The molecule has 0 aliphatic carbocycles. The molecule has 1 aliphatic rings. The Hall–Kier alpha value is -1.82. The van der Waals surface area contributed by atoms with E-state index in [4.69, 9.17) is 0 Å². The van der Waals surface area contributed by atoms with Crippen molar-refractivity contribution in [2.45, 2.75) is 25.8 Å². The highest BCUT2D eigenvalue weighted by molar-refractivity contribution is 7.12. The molecule has 2 nitrogen and oxygen atoms in total. The lowest BCUT2D eigenvalue weighted by molar-refractivity contribution is 0.0739. The van der Waals surface area contributed by atoms with E-state index in [0.717, 1.165) is 23.8 Å². The van der Waals surface area contributed by atoms with Crippen LogP contribution in [-0.2, 0) is 0 Å². The molecule has 1 atom stereocenters. The molecule has 1 aromatic heterocycles. The molecule has 1 saturated heterocycles. The Labute approximate surface area is 130 Å². The Morgan fingerprint density at radius 3 is 2.45 bits per heavy atom. The average molecular weight is 325 g/mol. The van der Waals surface area contributed by atoms with Crippen LogP contribution in [0.5, 0.6) is 0 Å². The molecule has 3 rings (SSSR count). The topological polar surface area (TPSA) is 20.3 Å². The summed E-state index contributed by atoms with van der Waals surface area (Å²) in [5.74, 6) is -1.60. The van der Waals surface area contributed by atoms with Gasteiger partial charge in [-0.25, -0.2) is 8.78 Å². The summed E-state index contributed by atoms with van der Waals surface area (Å²) < 4.78 is 40.1. The van der Waals surface area contributed by atoms with Gasteiger partial charge in [0.25, 0.3) is 5.91 Å². The van der Waals surface area contributed by atoms with Gasteiger partial charge in [-0.15, -0.1) is 11.3 Å². The normalized spacial score (nSPS) is 18.0. The van der Waals surface area contributed by atoms with E-state index in [2.05, 4.69) is 0 Å². The fourth-order valence-corrected chi connectivity index (χ4v) is 3.77. The van der Waals surface area contributed by atoms with Gasteiger partial charge in [0.1, 0.15) is 11.6 Å². The van der Waals surface area contributed by atoms with Crippen molar-refractivity contribution in [3.05, 3.63) is 57.0 Å². The van der Waals surface area contributed by atoms with Gasteiger partial charge in [-0.3, -0.25) is 4.79 Å². The van der Waals surface area contributed by atoms with Crippen molar-refractivity contribution in [3.8, 4) is 0 Å². The number of hydrogen-bond donors (Lipinski definition) is 0. The predicted octanol–water partition coefficient (Wildman–Crippen LogP) is 4.45. The van der Waals surface area contributed by atoms with Gasteiger partial charge in [-0.05, 0) is 49.1 Å². The highest BCUT2D eigenvalue weighted by Gasteiger charge is 2.32. The largest absolute Gasteiger partial charge is 0.331 e. The summed E-state index contributed by atoms with van der Waals surface area (Å²) in [7, 11) is 0. The van der Waals surface area contributed by atoms with E-state index in [0.29, 0.717) is 29.0 Å². The molecule has 0 spiro atoms. The van der Waals surface area contributed by atoms with Gasteiger partial charge in [-0.1, -0.05) is 0 Å². The van der Waals surface area contributed by atoms with Crippen LogP contribution >= 0.6 is 11.3 Å². The molecule has 0 N–H and O–H groups in total. The molecule has 22 heavy (non-hydrogen) atoms. The van der Waals surface area contributed by atoms with Crippen molar-refractivity contribution in [1.82, 2.24) is 4.90 Å². The number of aryl methyl sites for hydroxylation is 1. The summed E-state index contributed by atoms with van der Waals surface area (Å²) in [6.07, 6.45) is 1.39. The molecule has 1 aromatic carbocycles. The number of likely N-dealkylation sites (tertiary alicyclic amines) is 1. The molecule has 0 radical (unpaired) electrons. The summed E-state index contributed by atoms with van der Waals surface area (Å²) >= 11 is 0.807. The van der Waals surface area contributed by atoms with Gasteiger partial charge in [0.15, 0.2) is 5.13 Å². The van der Waals surface area contributed by atoms with Crippen LogP contribution in [0.1, 0.15) is 39.7 Å². The third kappa shape index (κ3) is 2.75. The monoisotopic (exact) mass is 325 g/mol. The quantitative estimate of drug-likeness (QED) is 0.799. The fourth-order valence-electron chi connectivity index (χ4n) is 2.91. The van der Waals surface area contributed by atoms with Crippen molar-refractivity contribution in [3.63, 3.8) is 0 Å². The van der Waals surface area contributed by atoms with Gasteiger partial charge >= 0.3 is 0 Å². The fraction of sp³-hybridized carbons (Fsp3) is 0.312. The lowest BCUT2D eigenvalue weighted by Gasteiger charge is -2.25. The summed E-state index contributed by atoms with van der Waals surface area (Å²) in [4.78, 5) is 14.5. The molecule has 1 amide bonds. The third-order valence-electron chi connectivity index (χ3n) is 3.87. The minimum atomic E-state index is -0.660. The minimum Gasteiger partial charge on any atom is -0.331 e. The maximum absolute atomic E-state index is 13.4. The Kier molecular flexibility index (Phi) is 3.95. The minimum absolute atomic E-state index is 0.279. The second kappa shape index (κ2) is 5.76. The molecule has 0 saturated carbocycles. The van der Waals surface area contributed by atoms with Crippen LogP contribution in [-0.4, -0.2) is 17.4 Å². The zero-order chi connectivity index (χ0) is 15.9. The SMILES string of the molecule is Cc1cc(F)sc1C(=O)N1CCCC1c1cc(F)cc(F)c1. The predicted molar refractivity (Wildman–Crippen MR) is 78.4 cm³/mol. The Balaban J connectivity index is 1.93. The number of thiophene rings is 1. The number of rotatable bonds is 2. The van der Waals surface area contributed by atoms with E-state index < -0.39 is 16.8 Å². The van der Waals surface area contributed by atoms with E-state index >= 15 is 0 Å². The molecular formula is C16H14F3NOS. The Bertz CT molecular complexity index is 708. The van der Waals surface area contributed by atoms with Crippen molar-refractivity contribution < 1.29 is 18.0 Å². The Morgan fingerprint density at radius 2 is 1.86 bits per heavy atom.